The van der Waals surface area contributed by atoms with Crippen LogP contribution >= 0.6 is 10.6 Å². The van der Waals surface area contributed by atoms with Crippen LogP contribution in [0, 0.1) is 12.7 Å². The molecule has 2 heterocycles. The minimum atomic E-state index is -3.49. The third kappa shape index (κ3) is 4.70. The first kappa shape index (κ1) is 25.8. The second kappa shape index (κ2) is 9.43. The van der Waals surface area contributed by atoms with Crippen LogP contribution in [-0.4, -0.2) is 56.3 Å². The number of carbonyl (C=O) groups excluding carboxylic acids is 1. The second-order valence-electron chi connectivity index (χ2n) is 8.51. The monoisotopic (exact) mass is 500 g/mol. The lowest BCUT2D eigenvalue weighted by atomic mass is 9.92. The van der Waals surface area contributed by atoms with Gasteiger partial charge in [-0.25, -0.2) is 18.2 Å². The number of nitrogens with one attached hydrogen (secondary N) is 1. The molecule has 1 amide bonds. The summed E-state index contributed by atoms with van der Waals surface area (Å²) in [6, 6.07) is 5.01. The number of halogens is 3. The van der Waals surface area contributed by atoms with E-state index in [1.54, 1.807) is 6.92 Å². The zero-order valence-electron chi connectivity index (χ0n) is 18.9. The zero-order chi connectivity index (χ0) is 25.3. The minimum absolute atomic E-state index is 0.0505. The maximum atomic E-state index is 14.8. The third-order valence-corrected chi connectivity index (χ3v) is 8.49. The minimum Gasteiger partial charge on any atom is -0.489 e. The molecule has 1 aromatic carbocycles. The normalized spacial score (nSPS) is 21.9. The molecule has 0 saturated heterocycles. The summed E-state index contributed by atoms with van der Waals surface area (Å²) in [7, 11) is -3.49. The summed E-state index contributed by atoms with van der Waals surface area (Å²) in [4.78, 5) is 20.9. The molecule has 1 aromatic heterocycles. The van der Waals surface area contributed by atoms with E-state index >= 15 is 0 Å². The lowest BCUT2D eigenvalue weighted by Gasteiger charge is -2.53. The molecule has 0 bridgehead atoms. The van der Waals surface area contributed by atoms with Gasteiger partial charge in [0.15, 0.2) is 0 Å². The van der Waals surface area contributed by atoms with Gasteiger partial charge in [0.25, 0.3) is 5.91 Å². The fourth-order valence-corrected chi connectivity index (χ4v) is 5.23. The molecular weight excluding hydrogens is 473 g/mol. The Kier molecular flexibility index (Phi) is 7.15. The molecule has 0 aliphatic carbocycles. The molecule has 186 valence electrons. The average molecular weight is 501 g/mol. The Morgan fingerprint density at radius 3 is 2.59 bits per heavy atom. The first-order valence-corrected chi connectivity index (χ1v) is 12.0. The van der Waals surface area contributed by atoms with Crippen molar-refractivity contribution >= 4 is 28.0 Å². The largest absolute Gasteiger partial charge is 0.489 e. The van der Waals surface area contributed by atoms with Crippen LogP contribution in [0.2, 0.25) is 0 Å². The van der Waals surface area contributed by atoms with E-state index in [0.29, 0.717) is 11.3 Å². The summed E-state index contributed by atoms with van der Waals surface area (Å²) >= 11 is 0. The van der Waals surface area contributed by atoms with Crippen LogP contribution in [0.1, 0.15) is 35.5 Å². The number of alkyl halides is 2. The number of nitrogens with two attached hydrogens (primary N) is 1. The zero-order valence-corrected chi connectivity index (χ0v) is 19.8. The molecule has 0 radical (unpaired) electrons. The molecule has 3 rings (SSSR count). The number of rotatable bonds is 7. The van der Waals surface area contributed by atoms with E-state index < -0.39 is 51.7 Å². The SMILES string of the molecule is Cc1cc(OCCF)cnc1C(=O)Nc1ccc(F)c(C2(CF)CS(O)(O)C(C)(C)C(N)=N2)c1. The molecule has 2 aromatic rings. The van der Waals surface area contributed by atoms with Crippen molar-refractivity contribution in [1.82, 2.24) is 4.98 Å². The number of pyridine rings is 1. The molecule has 1 aliphatic rings. The summed E-state index contributed by atoms with van der Waals surface area (Å²) in [5, 5.41) is 2.57. The lowest BCUT2D eigenvalue weighted by Crippen LogP contribution is -2.53. The highest BCUT2D eigenvalue weighted by Gasteiger charge is 2.51. The van der Waals surface area contributed by atoms with Crippen molar-refractivity contribution in [1.29, 1.82) is 0 Å². The number of nitrogens with zero attached hydrogens (tertiary/aromatic N) is 2. The van der Waals surface area contributed by atoms with Crippen molar-refractivity contribution < 1.29 is 31.8 Å². The molecule has 34 heavy (non-hydrogen) atoms. The summed E-state index contributed by atoms with van der Waals surface area (Å²) < 4.78 is 66.6. The number of amides is 1. The Hall–Kier alpha value is -2.83. The Balaban J connectivity index is 1.94. The van der Waals surface area contributed by atoms with Crippen LogP contribution in [0.15, 0.2) is 35.5 Å². The van der Waals surface area contributed by atoms with E-state index in [9.17, 15) is 27.1 Å². The van der Waals surface area contributed by atoms with Gasteiger partial charge >= 0.3 is 0 Å². The Morgan fingerprint density at radius 2 is 2.00 bits per heavy atom. The number of benzene rings is 1. The Bertz CT molecular complexity index is 1130. The maximum absolute atomic E-state index is 14.8. The molecule has 1 aliphatic heterocycles. The topological polar surface area (TPSA) is 130 Å². The van der Waals surface area contributed by atoms with Crippen molar-refractivity contribution in [3.8, 4) is 5.75 Å². The lowest BCUT2D eigenvalue weighted by molar-refractivity contribution is 0.102. The number of anilines is 1. The molecule has 12 heteroatoms. The molecule has 8 nitrogen and oxygen atoms in total. The quantitative estimate of drug-likeness (QED) is 0.451. The number of hydrogen-bond donors (Lipinski definition) is 4. The van der Waals surface area contributed by atoms with Crippen molar-refractivity contribution in [3.05, 3.63) is 53.1 Å². The number of aryl methyl sites for hydroxylation is 1. The maximum Gasteiger partial charge on any atom is 0.274 e. The van der Waals surface area contributed by atoms with Gasteiger partial charge < -0.3 is 15.8 Å². The van der Waals surface area contributed by atoms with Crippen LogP contribution in [-0.2, 0) is 5.54 Å². The molecule has 5 N–H and O–H groups in total. The van der Waals surface area contributed by atoms with Gasteiger partial charge in [0.2, 0.25) is 0 Å². The number of aliphatic imine (C=N–C) groups is 1. The van der Waals surface area contributed by atoms with Crippen LogP contribution < -0.4 is 15.8 Å². The van der Waals surface area contributed by atoms with Gasteiger partial charge in [-0.15, -0.1) is 0 Å². The molecule has 1 unspecified atom stereocenters. The highest BCUT2D eigenvalue weighted by atomic mass is 32.3. The number of amidine groups is 1. The van der Waals surface area contributed by atoms with Crippen molar-refractivity contribution in [2.24, 2.45) is 10.7 Å². The van der Waals surface area contributed by atoms with Crippen LogP contribution in [0.25, 0.3) is 0 Å². The third-order valence-electron chi connectivity index (χ3n) is 5.77. The number of ether oxygens (including phenoxy) is 1. The van der Waals surface area contributed by atoms with Gasteiger partial charge in [-0.1, -0.05) is 0 Å². The van der Waals surface area contributed by atoms with E-state index in [1.165, 1.54) is 38.2 Å². The first-order chi connectivity index (χ1) is 15.9. The van der Waals surface area contributed by atoms with Gasteiger partial charge in [-0.05, 0) is 50.6 Å². The molecule has 0 fully saturated rings. The summed E-state index contributed by atoms with van der Waals surface area (Å²) in [5.41, 5.74) is 4.32. The van der Waals surface area contributed by atoms with Gasteiger partial charge in [0.05, 0.1) is 11.9 Å². The fourth-order valence-electron chi connectivity index (χ4n) is 3.53. The first-order valence-electron chi connectivity index (χ1n) is 10.3. The van der Waals surface area contributed by atoms with E-state index in [4.69, 9.17) is 10.5 Å². The van der Waals surface area contributed by atoms with Gasteiger partial charge in [0, 0.05) is 11.3 Å². The summed E-state index contributed by atoms with van der Waals surface area (Å²) in [5.74, 6) is -1.95. The standard InChI is InChI=1S/C22H27F3N4O4S/c1-13-8-15(33-7-6-23)10-27-18(13)19(30)28-14-4-5-17(25)16(9-14)22(11-24)12-34(31,32)21(2,3)20(26)29-22/h4-5,8-10,31-32H,6-7,11-12H2,1-3H3,(H2,26,29)(H,28,30). The second-order valence-corrected chi connectivity index (χ2v) is 11.1. The molecule has 0 spiro atoms. The molecule has 1 atom stereocenters. The number of hydrogen-bond acceptors (Lipinski definition) is 7. The predicted molar refractivity (Wildman–Crippen MR) is 126 cm³/mol. The van der Waals surface area contributed by atoms with Crippen molar-refractivity contribution in [2.75, 3.05) is 31.0 Å². The highest BCUT2D eigenvalue weighted by Crippen LogP contribution is 2.59. The number of carbonyl (C=O) groups is 1. The molecular formula is C22H27F3N4O4S. The van der Waals surface area contributed by atoms with Gasteiger partial charge in [0.1, 0.15) is 53.3 Å². The van der Waals surface area contributed by atoms with Crippen LogP contribution in [0.4, 0.5) is 18.9 Å². The fraction of sp³-hybridized carbons (Fsp3) is 0.409. The smallest absolute Gasteiger partial charge is 0.274 e. The Labute approximate surface area is 196 Å². The average Bonchev–Trinajstić information content (AvgIpc) is 2.77. The predicted octanol–water partition coefficient (Wildman–Crippen LogP) is 4.19. The summed E-state index contributed by atoms with van der Waals surface area (Å²) in [6.07, 6.45) is 1.28. The van der Waals surface area contributed by atoms with Gasteiger partial charge in [-0.2, -0.15) is 10.6 Å². The van der Waals surface area contributed by atoms with Crippen LogP contribution in [0.3, 0.4) is 0 Å². The van der Waals surface area contributed by atoms with Crippen molar-refractivity contribution in [2.45, 2.75) is 31.1 Å². The van der Waals surface area contributed by atoms with E-state index in [-0.39, 0.29) is 29.4 Å². The highest BCUT2D eigenvalue weighted by molar-refractivity contribution is 8.26. The number of aromatic nitrogens is 1. The molecule has 0 saturated carbocycles. The van der Waals surface area contributed by atoms with E-state index in [2.05, 4.69) is 15.3 Å². The summed E-state index contributed by atoms with van der Waals surface area (Å²) in [6.45, 7) is 2.51. The van der Waals surface area contributed by atoms with Crippen molar-refractivity contribution in [3.63, 3.8) is 0 Å². The van der Waals surface area contributed by atoms with E-state index in [0.717, 1.165) is 6.07 Å². The van der Waals surface area contributed by atoms with Crippen LogP contribution in [0.5, 0.6) is 5.75 Å². The van der Waals surface area contributed by atoms with E-state index in [1.807, 2.05) is 0 Å². The Morgan fingerprint density at radius 1 is 1.29 bits per heavy atom. The van der Waals surface area contributed by atoms with Gasteiger partial charge in [-0.3, -0.25) is 18.9 Å².